The summed E-state index contributed by atoms with van der Waals surface area (Å²) in [6, 6.07) is 11.3. The highest BCUT2D eigenvalue weighted by atomic mass is 16.5. The van der Waals surface area contributed by atoms with E-state index in [1.165, 1.54) is 5.56 Å². The van der Waals surface area contributed by atoms with Crippen molar-refractivity contribution in [3.8, 4) is 0 Å². The van der Waals surface area contributed by atoms with Crippen LogP contribution in [0.1, 0.15) is 31.7 Å². The normalized spacial score (nSPS) is 16.5. The number of nitrogens with zero attached hydrogens (tertiary/aromatic N) is 3. The molecule has 0 unspecified atom stereocenters. The van der Waals surface area contributed by atoms with Gasteiger partial charge >= 0.3 is 0 Å². The Morgan fingerprint density at radius 3 is 2.64 bits per heavy atom. The summed E-state index contributed by atoms with van der Waals surface area (Å²) in [5.41, 5.74) is 1.40. The highest BCUT2D eigenvalue weighted by Gasteiger charge is 2.19. The van der Waals surface area contributed by atoms with Gasteiger partial charge in [-0.2, -0.15) is 0 Å². The van der Waals surface area contributed by atoms with Gasteiger partial charge in [0.2, 0.25) is 0 Å². The minimum absolute atomic E-state index is 0.509. The first-order valence-electron chi connectivity index (χ1n) is 10.7. The second-order valence-corrected chi connectivity index (χ2v) is 7.59. The molecule has 1 aliphatic rings. The van der Waals surface area contributed by atoms with Crippen LogP contribution in [0.25, 0.3) is 0 Å². The Hall–Kier alpha value is -1.63. The van der Waals surface area contributed by atoms with Crippen molar-refractivity contribution in [3.05, 3.63) is 35.9 Å². The highest BCUT2D eigenvalue weighted by Crippen LogP contribution is 2.13. The topological polar surface area (TPSA) is 52.1 Å². The van der Waals surface area contributed by atoms with Gasteiger partial charge in [-0.15, -0.1) is 0 Å². The van der Waals surface area contributed by atoms with E-state index >= 15 is 0 Å². The lowest BCUT2D eigenvalue weighted by atomic mass is 10.0. The van der Waals surface area contributed by atoms with Gasteiger partial charge in [0.15, 0.2) is 5.96 Å². The minimum Gasteiger partial charge on any atom is -0.383 e. The number of rotatable bonds is 11. The van der Waals surface area contributed by atoms with Gasteiger partial charge in [0.1, 0.15) is 0 Å². The average Bonchev–Trinajstić information content (AvgIpc) is 2.72. The third-order valence-corrected chi connectivity index (χ3v) is 5.17. The number of methoxy groups -OCH3 is 1. The molecule has 0 bridgehead atoms. The monoisotopic (exact) mass is 389 g/mol. The van der Waals surface area contributed by atoms with Gasteiger partial charge in [0, 0.05) is 52.4 Å². The average molecular weight is 390 g/mol. The van der Waals surface area contributed by atoms with Crippen LogP contribution in [0.15, 0.2) is 35.3 Å². The summed E-state index contributed by atoms with van der Waals surface area (Å²) in [5.74, 6) is 0.962. The number of hydrogen-bond donors (Lipinski definition) is 2. The van der Waals surface area contributed by atoms with Gasteiger partial charge in [-0.25, -0.2) is 0 Å². The third-order valence-electron chi connectivity index (χ3n) is 5.17. The molecule has 6 heteroatoms. The smallest absolute Gasteiger partial charge is 0.191 e. The van der Waals surface area contributed by atoms with E-state index in [0.29, 0.717) is 6.04 Å². The fraction of sp³-hybridized carbons (Fsp3) is 0.682. The molecule has 0 atom stereocenters. The maximum Gasteiger partial charge on any atom is 0.191 e. The number of piperidine rings is 1. The van der Waals surface area contributed by atoms with Crippen molar-refractivity contribution in [2.75, 3.05) is 60.0 Å². The Kier molecular flexibility index (Phi) is 10.9. The molecule has 1 aromatic rings. The zero-order valence-electron chi connectivity index (χ0n) is 18.0. The second kappa shape index (κ2) is 13.5. The molecule has 6 nitrogen and oxygen atoms in total. The van der Waals surface area contributed by atoms with Crippen LogP contribution in [0.4, 0.5) is 0 Å². The molecular weight excluding hydrogens is 350 g/mol. The molecule has 0 amide bonds. The Labute approximate surface area is 171 Å². The second-order valence-electron chi connectivity index (χ2n) is 7.59. The lowest BCUT2D eigenvalue weighted by Gasteiger charge is -2.33. The van der Waals surface area contributed by atoms with Crippen molar-refractivity contribution in [1.82, 2.24) is 20.4 Å². The van der Waals surface area contributed by atoms with Crippen LogP contribution >= 0.6 is 0 Å². The van der Waals surface area contributed by atoms with Crippen LogP contribution in [-0.2, 0) is 11.3 Å². The van der Waals surface area contributed by atoms with Gasteiger partial charge < -0.3 is 20.3 Å². The summed E-state index contributed by atoms with van der Waals surface area (Å²) in [4.78, 5) is 9.61. The third kappa shape index (κ3) is 9.04. The summed E-state index contributed by atoms with van der Waals surface area (Å²) < 4.78 is 5.12. The van der Waals surface area contributed by atoms with E-state index in [1.54, 1.807) is 7.11 Å². The number of likely N-dealkylation sites (N-methyl/N-ethyl adjacent to an activating group) is 1. The Bertz CT molecular complexity index is 543. The summed E-state index contributed by atoms with van der Waals surface area (Å²) in [6.45, 7) is 9.99. The van der Waals surface area contributed by atoms with Crippen molar-refractivity contribution in [2.24, 2.45) is 4.99 Å². The fourth-order valence-corrected chi connectivity index (χ4v) is 3.48. The van der Waals surface area contributed by atoms with Crippen molar-refractivity contribution in [2.45, 2.75) is 38.8 Å². The molecule has 1 heterocycles. The highest BCUT2D eigenvalue weighted by molar-refractivity contribution is 5.80. The minimum atomic E-state index is 0.509. The molecule has 1 aromatic carbocycles. The number of benzene rings is 1. The van der Waals surface area contributed by atoms with E-state index in [1.807, 2.05) is 0 Å². The van der Waals surface area contributed by atoms with Crippen LogP contribution in [0, 0.1) is 0 Å². The molecule has 0 radical (unpaired) electrons. The number of ether oxygens (including phenoxy) is 1. The van der Waals surface area contributed by atoms with Gasteiger partial charge in [0.05, 0.1) is 6.61 Å². The van der Waals surface area contributed by atoms with Gasteiger partial charge in [-0.3, -0.25) is 9.89 Å². The van der Waals surface area contributed by atoms with Crippen molar-refractivity contribution in [3.63, 3.8) is 0 Å². The molecular formula is C22H39N5O. The molecule has 0 spiro atoms. The first-order valence-corrected chi connectivity index (χ1v) is 10.7. The van der Waals surface area contributed by atoms with Gasteiger partial charge in [0.25, 0.3) is 0 Å². The van der Waals surface area contributed by atoms with E-state index in [9.17, 15) is 0 Å². The standard InChI is InChI=1S/C22H39N5O/c1-4-23-22(24-13-8-14-26(2)17-18-28-3)25-21-11-15-27(16-12-21)19-20-9-6-5-7-10-20/h5-7,9-10,21H,4,8,11-19H2,1-3H3,(H2,23,24,25). The predicted octanol–water partition coefficient (Wildman–Crippen LogP) is 2.17. The van der Waals surface area contributed by atoms with E-state index < -0.39 is 0 Å². The maximum absolute atomic E-state index is 5.12. The van der Waals surface area contributed by atoms with Crippen molar-refractivity contribution in [1.29, 1.82) is 0 Å². The largest absolute Gasteiger partial charge is 0.383 e. The first kappa shape index (κ1) is 22.7. The summed E-state index contributed by atoms with van der Waals surface area (Å²) in [7, 11) is 3.88. The lowest BCUT2D eigenvalue weighted by Crippen LogP contribution is -2.48. The number of likely N-dealkylation sites (tertiary alicyclic amines) is 1. The molecule has 1 aliphatic heterocycles. The Morgan fingerprint density at radius 2 is 1.96 bits per heavy atom. The SMILES string of the molecule is CCNC(=NCCCN(C)CCOC)NC1CCN(Cc2ccccc2)CC1. The van der Waals surface area contributed by atoms with Crippen LogP contribution in [0.5, 0.6) is 0 Å². The zero-order valence-corrected chi connectivity index (χ0v) is 18.0. The van der Waals surface area contributed by atoms with Gasteiger partial charge in [-0.05, 0) is 45.3 Å². The summed E-state index contributed by atoms with van der Waals surface area (Å²) in [6.07, 6.45) is 3.39. The first-order chi connectivity index (χ1) is 13.7. The van der Waals surface area contributed by atoms with Crippen molar-refractivity contribution >= 4 is 5.96 Å². The maximum atomic E-state index is 5.12. The quantitative estimate of drug-likeness (QED) is 0.345. The molecule has 1 fully saturated rings. The van der Waals surface area contributed by atoms with Crippen LogP contribution in [-0.4, -0.2) is 81.8 Å². The molecule has 2 rings (SSSR count). The Morgan fingerprint density at radius 1 is 1.21 bits per heavy atom. The number of hydrogen-bond acceptors (Lipinski definition) is 4. The molecule has 0 aliphatic carbocycles. The van der Waals surface area contributed by atoms with Crippen LogP contribution < -0.4 is 10.6 Å². The van der Waals surface area contributed by atoms with Crippen LogP contribution in [0.3, 0.4) is 0 Å². The molecule has 2 N–H and O–H groups in total. The number of guanidine groups is 1. The predicted molar refractivity (Wildman–Crippen MR) is 118 cm³/mol. The lowest BCUT2D eigenvalue weighted by molar-refractivity contribution is 0.161. The van der Waals surface area contributed by atoms with E-state index in [-0.39, 0.29) is 0 Å². The van der Waals surface area contributed by atoms with E-state index in [4.69, 9.17) is 9.73 Å². The zero-order chi connectivity index (χ0) is 20.0. The molecule has 28 heavy (non-hydrogen) atoms. The number of aliphatic imine (C=N–C) groups is 1. The van der Waals surface area contributed by atoms with Crippen LogP contribution in [0.2, 0.25) is 0 Å². The van der Waals surface area contributed by atoms with E-state index in [2.05, 4.69) is 64.7 Å². The van der Waals surface area contributed by atoms with E-state index in [0.717, 1.165) is 77.6 Å². The molecule has 1 saturated heterocycles. The molecule has 0 saturated carbocycles. The molecule has 158 valence electrons. The summed E-state index contributed by atoms with van der Waals surface area (Å²) >= 11 is 0. The molecule has 0 aromatic heterocycles. The Balaban J connectivity index is 1.69. The van der Waals surface area contributed by atoms with Crippen molar-refractivity contribution < 1.29 is 4.74 Å². The number of nitrogens with one attached hydrogen (secondary N) is 2. The summed E-state index contributed by atoms with van der Waals surface area (Å²) in [5, 5.41) is 7.04. The fourth-order valence-electron chi connectivity index (χ4n) is 3.48. The van der Waals surface area contributed by atoms with Gasteiger partial charge in [-0.1, -0.05) is 30.3 Å².